The molecule has 1 N–H and O–H groups in total. The number of hydrogen-bond acceptors (Lipinski definition) is 6. The average molecular weight is 374 g/mol. The van der Waals surface area contributed by atoms with Gasteiger partial charge in [0.25, 0.3) is 0 Å². The van der Waals surface area contributed by atoms with Crippen molar-refractivity contribution in [2.24, 2.45) is 0 Å². The number of carbonyl (C=O) groups is 1. The van der Waals surface area contributed by atoms with Crippen LogP contribution in [0.1, 0.15) is 19.3 Å². The molecule has 0 aromatic carbocycles. The molecule has 1 aliphatic heterocycles. The molecule has 0 amide bonds. The summed E-state index contributed by atoms with van der Waals surface area (Å²) in [6.07, 6.45) is 2.33. The van der Waals surface area contributed by atoms with E-state index in [2.05, 4.69) is 17.9 Å². The maximum Gasteiger partial charge on any atom is 0.411 e. The van der Waals surface area contributed by atoms with Gasteiger partial charge in [-0.2, -0.15) is 12.6 Å². The lowest BCUT2D eigenvalue weighted by molar-refractivity contribution is -0.423. The van der Waals surface area contributed by atoms with Crippen molar-refractivity contribution in [2.45, 2.75) is 19.3 Å². The minimum Gasteiger partial charge on any atom is -0.457 e. The molecular weight excluding hydrogens is 359 g/mol. The van der Waals surface area contributed by atoms with E-state index in [-0.39, 0.29) is 30.6 Å². The van der Waals surface area contributed by atoms with Gasteiger partial charge in [0.2, 0.25) is 0 Å². The Hall–Kier alpha value is -0.510. The molecule has 1 saturated heterocycles. The highest BCUT2D eigenvalue weighted by Gasteiger charge is 2.29. The number of allylic oxidation sites excluding steroid dienone is 1. The number of hydrogen-bond donors (Lipinski definition) is 2. The Morgan fingerprint density at radius 2 is 2.24 bits per heavy atom. The zero-order valence-corrected chi connectivity index (χ0v) is 12.4. The summed E-state index contributed by atoms with van der Waals surface area (Å²) in [5, 5.41) is 13.7. The standard InChI is InChI=1S/C9H14N2O4S.HI/c12-9(15-5-6-16)8(11(13)14)7-3-1-2-4-10-7;/h10,16H,1-6H2;1H. The van der Waals surface area contributed by atoms with Crippen molar-refractivity contribution in [3.63, 3.8) is 0 Å². The Balaban J connectivity index is 0.00000256. The van der Waals surface area contributed by atoms with Crippen LogP contribution in [0.15, 0.2) is 11.4 Å². The molecule has 0 aliphatic carbocycles. The molecule has 8 heteroatoms. The summed E-state index contributed by atoms with van der Waals surface area (Å²) in [5.41, 5.74) is -0.0955. The molecule has 0 bridgehead atoms. The minimum absolute atomic E-state index is 0. The van der Waals surface area contributed by atoms with Gasteiger partial charge < -0.3 is 10.1 Å². The van der Waals surface area contributed by atoms with Gasteiger partial charge >= 0.3 is 11.7 Å². The van der Waals surface area contributed by atoms with Gasteiger partial charge in [-0.3, -0.25) is 10.1 Å². The van der Waals surface area contributed by atoms with Gasteiger partial charge in [0, 0.05) is 12.3 Å². The van der Waals surface area contributed by atoms with E-state index in [0.717, 1.165) is 12.8 Å². The molecule has 0 radical (unpaired) electrons. The molecule has 17 heavy (non-hydrogen) atoms. The van der Waals surface area contributed by atoms with Crippen molar-refractivity contribution in [3.8, 4) is 0 Å². The molecule has 1 rings (SSSR count). The van der Waals surface area contributed by atoms with E-state index in [1.54, 1.807) is 0 Å². The third kappa shape index (κ3) is 5.11. The number of nitrogens with one attached hydrogen (secondary N) is 1. The van der Waals surface area contributed by atoms with Crippen molar-refractivity contribution in [2.75, 3.05) is 18.9 Å². The van der Waals surface area contributed by atoms with Gasteiger partial charge in [-0.25, -0.2) is 4.79 Å². The molecule has 6 nitrogen and oxygen atoms in total. The molecule has 1 aliphatic rings. The second kappa shape index (κ2) is 8.56. The number of ether oxygens (including phenoxy) is 1. The first-order valence-corrected chi connectivity index (χ1v) is 5.69. The van der Waals surface area contributed by atoms with Crippen molar-refractivity contribution < 1.29 is 14.5 Å². The van der Waals surface area contributed by atoms with Crippen molar-refractivity contribution in [1.29, 1.82) is 0 Å². The fourth-order valence-corrected chi connectivity index (χ4v) is 1.56. The minimum atomic E-state index is -0.886. The molecule has 1 fully saturated rings. The highest BCUT2D eigenvalue weighted by molar-refractivity contribution is 14.0. The molecule has 0 saturated carbocycles. The van der Waals surface area contributed by atoms with E-state index >= 15 is 0 Å². The number of rotatable bonds is 4. The zero-order chi connectivity index (χ0) is 12.0. The summed E-state index contributed by atoms with van der Waals surface area (Å²) >= 11 is 3.86. The second-order valence-electron chi connectivity index (χ2n) is 3.33. The largest absolute Gasteiger partial charge is 0.457 e. The zero-order valence-electron chi connectivity index (χ0n) is 9.18. The summed E-state index contributed by atoms with van der Waals surface area (Å²) in [6, 6.07) is 0. The van der Waals surface area contributed by atoms with Crippen LogP contribution in [0.4, 0.5) is 0 Å². The first-order valence-electron chi connectivity index (χ1n) is 5.06. The number of piperidine rings is 1. The van der Waals surface area contributed by atoms with Gasteiger partial charge in [-0.05, 0) is 19.3 Å². The highest BCUT2D eigenvalue weighted by Crippen LogP contribution is 2.16. The lowest BCUT2D eigenvalue weighted by atomic mass is 10.1. The third-order valence-electron chi connectivity index (χ3n) is 2.18. The second-order valence-corrected chi connectivity index (χ2v) is 3.77. The molecule has 1 heterocycles. The first kappa shape index (κ1) is 16.5. The van der Waals surface area contributed by atoms with Gasteiger partial charge in [0.1, 0.15) is 6.61 Å². The maximum atomic E-state index is 11.4. The van der Waals surface area contributed by atoms with Crippen LogP contribution in [0.25, 0.3) is 0 Å². The predicted molar refractivity (Wildman–Crippen MR) is 76.1 cm³/mol. The Kier molecular flexibility index (Phi) is 8.30. The summed E-state index contributed by atoms with van der Waals surface area (Å²) in [4.78, 5) is 21.6. The maximum absolute atomic E-state index is 11.4. The highest BCUT2D eigenvalue weighted by atomic mass is 127. The Morgan fingerprint density at radius 1 is 1.53 bits per heavy atom. The lowest BCUT2D eigenvalue weighted by Crippen LogP contribution is -2.27. The number of halogens is 1. The van der Waals surface area contributed by atoms with E-state index in [9.17, 15) is 14.9 Å². The Morgan fingerprint density at radius 3 is 2.71 bits per heavy atom. The molecule has 0 spiro atoms. The van der Waals surface area contributed by atoms with Crippen LogP contribution < -0.4 is 5.32 Å². The predicted octanol–water partition coefficient (Wildman–Crippen LogP) is 1.34. The van der Waals surface area contributed by atoms with Crippen LogP contribution in [-0.4, -0.2) is 29.8 Å². The number of nitrogens with zero attached hydrogens (tertiary/aromatic N) is 1. The van der Waals surface area contributed by atoms with E-state index in [1.165, 1.54) is 0 Å². The van der Waals surface area contributed by atoms with Crippen molar-refractivity contribution >= 4 is 42.6 Å². The normalized spacial score (nSPS) is 17.5. The van der Waals surface area contributed by atoms with Crippen LogP contribution in [-0.2, 0) is 9.53 Å². The van der Waals surface area contributed by atoms with Gasteiger partial charge in [-0.1, -0.05) is 0 Å². The summed E-state index contributed by atoms with van der Waals surface area (Å²) < 4.78 is 4.71. The van der Waals surface area contributed by atoms with E-state index in [0.29, 0.717) is 24.4 Å². The average Bonchev–Trinajstić information content (AvgIpc) is 2.27. The summed E-state index contributed by atoms with van der Waals surface area (Å²) in [7, 11) is 0. The van der Waals surface area contributed by atoms with Crippen LogP contribution in [0.3, 0.4) is 0 Å². The summed E-state index contributed by atoms with van der Waals surface area (Å²) in [6.45, 7) is 0.735. The van der Waals surface area contributed by atoms with Gasteiger partial charge in [-0.15, -0.1) is 24.0 Å². The quantitative estimate of drug-likeness (QED) is 0.194. The summed E-state index contributed by atoms with van der Waals surface area (Å²) in [5.74, 6) is -0.539. The van der Waals surface area contributed by atoms with E-state index in [1.807, 2.05) is 0 Å². The van der Waals surface area contributed by atoms with E-state index < -0.39 is 16.6 Å². The third-order valence-corrected chi connectivity index (χ3v) is 2.36. The van der Waals surface area contributed by atoms with Crippen LogP contribution >= 0.6 is 36.6 Å². The molecule has 0 aromatic heterocycles. The number of nitro groups is 1. The molecule has 0 unspecified atom stereocenters. The van der Waals surface area contributed by atoms with Gasteiger partial charge in [0.15, 0.2) is 0 Å². The Labute approximate surface area is 122 Å². The smallest absolute Gasteiger partial charge is 0.411 e. The van der Waals surface area contributed by atoms with Crippen LogP contribution in [0.2, 0.25) is 0 Å². The first-order chi connectivity index (χ1) is 7.66. The lowest BCUT2D eigenvalue weighted by Gasteiger charge is -2.16. The number of thiol groups is 1. The molecule has 0 aromatic rings. The number of carbonyl (C=O) groups excluding carboxylic acids is 1. The van der Waals surface area contributed by atoms with Crippen molar-refractivity contribution in [1.82, 2.24) is 5.32 Å². The van der Waals surface area contributed by atoms with E-state index in [4.69, 9.17) is 4.74 Å². The van der Waals surface area contributed by atoms with Crippen molar-refractivity contribution in [3.05, 3.63) is 21.5 Å². The monoisotopic (exact) mass is 374 g/mol. The van der Waals surface area contributed by atoms with Gasteiger partial charge in [0.05, 0.1) is 10.6 Å². The van der Waals surface area contributed by atoms with Crippen LogP contribution in [0.5, 0.6) is 0 Å². The molecule has 0 atom stereocenters. The fourth-order valence-electron chi connectivity index (χ4n) is 1.47. The van der Waals surface area contributed by atoms with Crippen LogP contribution in [0, 0.1) is 10.1 Å². The Bertz CT molecular complexity index is 314. The molecular formula is C9H15IN2O4S. The molecule has 98 valence electrons. The SMILES string of the molecule is I.O=C(OCCS)C(=C1CCCCN1)[N+](=O)[O-]. The number of esters is 1. The topological polar surface area (TPSA) is 81.5 Å². The fraction of sp³-hybridized carbons (Fsp3) is 0.667.